The van der Waals surface area contributed by atoms with Crippen molar-refractivity contribution >= 4 is 0 Å². The van der Waals surface area contributed by atoms with E-state index >= 15 is 0 Å². The summed E-state index contributed by atoms with van der Waals surface area (Å²) in [7, 11) is 3.99. The Kier molecular flexibility index (Phi) is 2.49. The third kappa shape index (κ3) is 1.66. The molecule has 1 aliphatic heterocycles. The summed E-state index contributed by atoms with van der Waals surface area (Å²) < 4.78 is 5.28. The van der Waals surface area contributed by atoms with Crippen LogP contribution in [0.5, 0.6) is 0 Å². The van der Waals surface area contributed by atoms with E-state index in [1.807, 2.05) is 0 Å². The molecule has 0 aromatic carbocycles. The topological polar surface area (TPSA) is 13.7 Å². The van der Waals surface area contributed by atoms with E-state index in [9.17, 15) is 0 Å². The first-order valence-electron chi connectivity index (χ1n) is 3.60. The third-order valence-electron chi connectivity index (χ3n) is 1.96. The van der Waals surface area contributed by atoms with Gasteiger partial charge in [0.1, 0.15) is 0 Å². The highest BCUT2D eigenvalue weighted by atomic mass is 16.5. The highest BCUT2D eigenvalue weighted by Crippen LogP contribution is 1.90. The SMILES string of the molecule is [CH2-][NH+]1CCOC[C@H]1CC. The summed E-state index contributed by atoms with van der Waals surface area (Å²) in [5.74, 6) is 0. The van der Waals surface area contributed by atoms with Gasteiger partial charge in [-0.3, -0.25) is 0 Å². The fraction of sp³-hybridized carbons (Fsp3) is 0.857. The van der Waals surface area contributed by atoms with Crippen molar-refractivity contribution in [1.82, 2.24) is 0 Å². The maximum absolute atomic E-state index is 5.28. The van der Waals surface area contributed by atoms with Crippen LogP contribution < -0.4 is 4.90 Å². The first-order valence-corrected chi connectivity index (χ1v) is 3.60. The molecule has 0 aliphatic carbocycles. The average Bonchev–Trinajstić information content (AvgIpc) is 1.89. The number of hydrogen-bond acceptors (Lipinski definition) is 1. The largest absolute Gasteiger partial charge is 0.462 e. The van der Waals surface area contributed by atoms with Gasteiger partial charge in [-0.1, -0.05) is 6.92 Å². The van der Waals surface area contributed by atoms with E-state index in [1.54, 1.807) is 0 Å². The standard InChI is InChI=1S/C7H15NO/c1-3-7-6-9-5-4-8(7)2/h7-8H,2-6H2,1H3/t7-/m1/s1. The van der Waals surface area contributed by atoms with Gasteiger partial charge in [0.25, 0.3) is 0 Å². The minimum atomic E-state index is 0.638. The van der Waals surface area contributed by atoms with Crippen molar-refractivity contribution in [3.05, 3.63) is 7.05 Å². The highest BCUT2D eigenvalue weighted by Gasteiger charge is 2.16. The maximum atomic E-state index is 5.28. The summed E-state index contributed by atoms with van der Waals surface area (Å²) in [5.41, 5.74) is 0. The lowest BCUT2D eigenvalue weighted by Gasteiger charge is -2.34. The Balaban J connectivity index is 2.30. The molecule has 1 aliphatic rings. The summed E-state index contributed by atoms with van der Waals surface area (Å²) in [5, 5.41) is 0. The second kappa shape index (κ2) is 3.18. The number of morpholine rings is 1. The molecule has 0 aromatic rings. The molecule has 54 valence electrons. The molecular weight excluding hydrogens is 114 g/mol. The summed E-state index contributed by atoms with van der Waals surface area (Å²) >= 11 is 0. The Hall–Kier alpha value is -0.0800. The van der Waals surface area contributed by atoms with Crippen molar-refractivity contribution in [3.63, 3.8) is 0 Å². The molecule has 1 saturated heterocycles. The molecule has 1 heterocycles. The molecule has 1 rings (SSSR count). The van der Waals surface area contributed by atoms with E-state index in [2.05, 4.69) is 14.0 Å². The van der Waals surface area contributed by atoms with Crippen LogP contribution in [0.25, 0.3) is 0 Å². The zero-order valence-corrected chi connectivity index (χ0v) is 6.02. The lowest BCUT2D eigenvalue weighted by Crippen LogP contribution is -3.13. The van der Waals surface area contributed by atoms with Gasteiger partial charge in [-0.25, -0.2) is 0 Å². The molecule has 0 saturated carbocycles. The van der Waals surface area contributed by atoms with Gasteiger partial charge >= 0.3 is 0 Å². The Labute approximate surface area is 56.8 Å². The van der Waals surface area contributed by atoms with Crippen molar-refractivity contribution in [3.8, 4) is 0 Å². The second-order valence-corrected chi connectivity index (χ2v) is 2.59. The summed E-state index contributed by atoms with van der Waals surface area (Å²) in [6.07, 6.45) is 1.18. The van der Waals surface area contributed by atoms with Gasteiger partial charge in [0.15, 0.2) is 0 Å². The number of nitrogens with one attached hydrogen (secondary N) is 1. The van der Waals surface area contributed by atoms with E-state index in [1.165, 1.54) is 11.3 Å². The molecule has 2 nitrogen and oxygen atoms in total. The lowest BCUT2D eigenvalue weighted by molar-refractivity contribution is -0.890. The van der Waals surface area contributed by atoms with E-state index in [0.717, 1.165) is 19.8 Å². The van der Waals surface area contributed by atoms with Crippen molar-refractivity contribution in [2.24, 2.45) is 0 Å². The van der Waals surface area contributed by atoms with Crippen LogP contribution in [0, 0.1) is 7.05 Å². The maximum Gasteiger partial charge on any atom is 0.0966 e. The predicted octanol–water partition coefficient (Wildman–Crippen LogP) is -0.528. The van der Waals surface area contributed by atoms with Gasteiger partial charge in [-0.15, -0.1) is 0 Å². The smallest absolute Gasteiger partial charge is 0.0966 e. The van der Waals surface area contributed by atoms with Gasteiger partial charge in [-0.2, -0.15) is 7.05 Å². The highest BCUT2D eigenvalue weighted by molar-refractivity contribution is 4.54. The summed E-state index contributed by atoms with van der Waals surface area (Å²) in [4.78, 5) is 1.38. The van der Waals surface area contributed by atoms with Gasteiger partial charge in [-0.05, 0) is 6.42 Å². The average molecular weight is 129 g/mol. The Morgan fingerprint density at radius 3 is 3.00 bits per heavy atom. The second-order valence-electron chi connectivity index (χ2n) is 2.59. The van der Waals surface area contributed by atoms with Crippen LogP contribution in [-0.2, 0) is 4.74 Å². The van der Waals surface area contributed by atoms with Crippen molar-refractivity contribution < 1.29 is 9.64 Å². The van der Waals surface area contributed by atoms with Crippen molar-refractivity contribution in [2.75, 3.05) is 19.8 Å². The molecule has 2 heteroatoms. The molecule has 0 radical (unpaired) electrons. The molecule has 1 fully saturated rings. The fourth-order valence-electron chi connectivity index (χ4n) is 1.16. The Morgan fingerprint density at radius 1 is 1.78 bits per heavy atom. The quantitative estimate of drug-likeness (QED) is 0.470. The first-order chi connectivity index (χ1) is 4.34. The third-order valence-corrected chi connectivity index (χ3v) is 1.96. The Morgan fingerprint density at radius 2 is 2.56 bits per heavy atom. The molecule has 0 amide bonds. The van der Waals surface area contributed by atoms with E-state index in [-0.39, 0.29) is 0 Å². The van der Waals surface area contributed by atoms with Crippen molar-refractivity contribution in [2.45, 2.75) is 19.4 Å². The molecule has 9 heavy (non-hydrogen) atoms. The van der Waals surface area contributed by atoms with E-state index < -0.39 is 0 Å². The van der Waals surface area contributed by atoms with Gasteiger partial charge in [0, 0.05) is 0 Å². The van der Waals surface area contributed by atoms with Crippen molar-refractivity contribution in [1.29, 1.82) is 0 Å². The molecule has 1 unspecified atom stereocenters. The zero-order chi connectivity index (χ0) is 6.69. The van der Waals surface area contributed by atoms with Crippen LogP contribution >= 0.6 is 0 Å². The minimum absolute atomic E-state index is 0.638. The minimum Gasteiger partial charge on any atom is -0.462 e. The van der Waals surface area contributed by atoms with Crippen LogP contribution in [0.2, 0.25) is 0 Å². The molecule has 0 aromatic heterocycles. The van der Waals surface area contributed by atoms with E-state index in [4.69, 9.17) is 4.74 Å². The number of quaternary nitrogens is 1. The molecule has 0 bridgehead atoms. The number of rotatable bonds is 1. The number of hydrogen-bond donors (Lipinski definition) is 1. The monoisotopic (exact) mass is 129 g/mol. The fourth-order valence-corrected chi connectivity index (χ4v) is 1.16. The van der Waals surface area contributed by atoms with Crippen LogP contribution in [-0.4, -0.2) is 25.8 Å². The molecule has 1 N–H and O–H groups in total. The normalized spacial score (nSPS) is 36.7. The first kappa shape index (κ1) is 7.03. The lowest BCUT2D eigenvalue weighted by atomic mass is 10.2. The van der Waals surface area contributed by atoms with E-state index in [0.29, 0.717) is 6.04 Å². The molecular formula is C7H15NO. The van der Waals surface area contributed by atoms with Crippen LogP contribution in [0.15, 0.2) is 0 Å². The number of ether oxygens (including phenoxy) is 1. The predicted molar refractivity (Wildman–Crippen MR) is 36.1 cm³/mol. The summed E-state index contributed by atoms with van der Waals surface area (Å²) in [6.45, 7) is 5.04. The molecule has 2 atom stereocenters. The zero-order valence-electron chi connectivity index (χ0n) is 6.02. The molecule has 0 spiro atoms. The van der Waals surface area contributed by atoms with Crippen LogP contribution in [0.1, 0.15) is 13.3 Å². The van der Waals surface area contributed by atoms with Gasteiger partial charge < -0.3 is 9.64 Å². The summed E-state index contributed by atoms with van der Waals surface area (Å²) in [6, 6.07) is 0.638. The van der Waals surface area contributed by atoms with Crippen LogP contribution in [0.3, 0.4) is 0 Å². The van der Waals surface area contributed by atoms with Gasteiger partial charge in [0.2, 0.25) is 0 Å². The van der Waals surface area contributed by atoms with Gasteiger partial charge in [0.05, 0.1) is 25.8 Å². The Bertz CT molecular complexity index is 85.0. The van der Waals surface area contributed by atoms with Crippen LogP contribution in [0.4, 0.5) is 0 Å².